The van der Waals surface area contributed by atoms with Gasteiger partial charge in [-0.3, -0.25) is 0 Å². The lowest BCUT2D eigenvalue weighted by atomic mass is 10.0. The van der Waals surface area contributed by atoms with Gasteiger partial charge in [-0.2, -0.15) is 0 Å². The van der Waals surface area contributed by atoms with E-state index in [0.29, 0.717) is 17.9 Å². The molecular weight excluding hydrogens is 268 g/mol. The molecule has 3 rings (SSSR count). The first-order valence-corrected chi connectivity index (χ1v) is 6.76. The van der Waals surface area contributed by atoms with Crippen LogP contribution in [0.25, 0.3) is 0 Å². The molecule has 4 nitrogen and oxygen atoms in total. The summed E-state index contributed by atoms with van der Waals surface area (Å²) in [5, 5.41) is 0. The fourth-order valence-corrected chi connectivity index (χ4v) is 2.33. The highest BCUT2D eigenvalue weighted by Crippen LogP contribution is 2.31. The smallest absolute Gasteiger partial charge is 0.389 e. The summed E-state index contributed by atoms with van der Waals surface area (Å²) in [6.07, 6.45) is -0.406. The van der Waals surface area contributed by atoms with E-state index in [0.717, 1.165) is 16.7 Å². The molecule has 1 heterocycles. The Kier molecular flexibility index (Phi) is 3.52. The normalized spacial score (nSPS) is 16.4. The second kappa shape index (κ2) is 5.48. The minimum absolute atomic E-state index is 0.556. The lowest BCUT2D eigenvalue weighted by Crippen LogP contribution is -2.35. The van der Waals surface area contributed by atoms with Crippen LogP contribution in [0.1, 0.15) is 16.7 Å². The third kappa shape index (κ3) is 2.70. The predicted molar refractivity (Wildman–Crippen MR) is 77.5 cm³/mol. The number of benzene rings is 2. The predicted octanol–water partition coefficient (Wildman–Crippen LogP) is 2.86. The Bertz CT molecular complexity index is 678. The van der Waals surface area contributed by atoms with E-state index in [9.17, 15) is 4.79 Å². The molecule has 0 radical (unpaired) electrons. The van der Waals surface area contributed by atoms with Crippen LogP contribution in [-0.4, -0.2) is 19.4 Å². The number of fused-ring (bicyclic) bond motifs is 2. The molecule has 2 aromatic rings. The molecular formula is C17H16O4. The summed E-state index contributed by atoms with van der Waals surface area (Å²) >= 11 is 0. The molecule has 0 aliphatic carbocycles. The van der Waals surface area contributed by atoms with E-state index in [1.54, 1.807) is 0 Å². The van der Waals surface area contributed by atoms with Crippen LogP contribution in [0, 0.1) is 6.92 Å². The van der Waals surface area contributed by atoms with Crippen molar-refractivity contribution < 1.29 is 19.0 Å². The molecule has 0 amide bonds. The van der Waals surface area contributed by atoms with Crippen molar-refractivity contribution in [1.82, 2.24) is 0 Å². The number of ether oxygens (including phenoxy) is 3. The summed E-state index contributed by atoms with van der Waals surface area (Å²) in [6, 6.07) is 13.6. The summed E-state index contributed by atoms with van der Waals surface area (Å²) in [4.78, 5) is 11.9. The molecule has 0 fully saturated rings. The molecule has 1 unspecified atom stereocenters. The van der Waals surface area contributed by atoms with Gasteiger partial charge in [-0.05, 0) is 35.7 Å². The van der Waals surface area contributed by atoms with Gasteiger partial charge in [0.2, 0.25) is 0 Å². The maximum absolute atomic E-state index is 11.9. The third-order valence-electron chi connectivity index (χ3n) is 3.44. The molecule has 1 aliphatic heterocycles. The summed E-state index contributed by atoms with van der Waals surface area (Å²) in [5.41, 5.74) is 3.09. The zero-order chi connectivity index (χ0) is 14.8. The summed E-state index contributed by atoms with van der Waals surface area (Å²) in [5.74, 6) is 0.734. The van der Waals surface area contributed by atoms with Crippen LogP contribution in [0.4, 0.5) is 0 Å². The van der Waals surface area contributed by atoms with Crippen molar-refractivity contribution in [3.8, 4) is 11.5 Å². The number of hydrogen-bond acceptors (Lipinski definition) is 4. The van der Waals surface area contributed by atoms with Crippen LogP contribution in [0.2, 0.25) is 0 Å². The maximum Gasteiger partial charge on any atom is 0.389 e. The number of methoxy groups -OCH3 is 1. The first-order valence-electron chi connectivity index (χ1n) is 6.76. The fourth-order valence-electron chi connectivity index (χ4n) is 2.33. The molecule has 0 N–H and O–H groups in total. The van der Waals surface area contributed by atoms with Gasteiger partial charge in [0.15, 0.2) is 0 Å². The number of carbonyl (C=O) groups is 1. The number of rotatable bonds is 1. The SMILES string of the molecule is COC(=O)C1Oc2ccccc2Cc2ccc(C)cc2O1. The second-order valence-electron chi connectivity index (χ2n) is 4.99. The van der Waals surface area contributed by atoms with Crippen LogP contribution in [0.3, 0.4) is 0 Å². The molecule has 0 bridgehead atoms. The lowest BCUT2D eigenvalue weighted by Gasteiger charge is -2.24. The van der Waals surface area contributed by atoms with Crippen molar-refractivity contribution in [2.24, 2.45) is 0 Å². The number of esters is 1. The average Bonchev–Trinajstić information content (AvgIpc) is 2.47. The molecule has 0 spiro atoms. The van der Waals surface area contributed by atoms with E-state index in [4.69, 9.17) is 14.2 Å². The van der Waals surface area contributed by atoms with Gasteiger partial charge in [0.25, 0.3) is 0 Å². The number of aryl methyl sites for hydroxylation is 1. The zero-order valence-electron chi connectivity index (χ0n) is 12.0. The van der Waals surface area contributed by atoms with E-state index in [1.165, 1.54) is 7.11 Å². The van der Waals surface area contributed by atoms with Crippen molar-refractivity contribution in [2.45, 2.75) is 19.6 Å². The topological polar surface area (TPSA) is 44.8 Å². The lowest BCUT2D eigenvalue weighted by molar-refractivity contribution is -0.162. The highest BCUT2D eigenvalue weighted by atomic mass is 16.7. The molecule has 108 valence electrons. The minimum Gasteiger partial charge on any atom is -0.463 e. The molecule has 4 heteroatoms. The monoisotopic (exact) mass is 284 g/mol. The highest BCUT2D eigenvalue weighted by molar-refractivity contribution is 5.74. The molecule has 0 saturated heterocycles. The molecule has 0 saturated carbocycles. The highest BCUT2D eigenvalue weighted by Gasteiger charge is 2.27. The van der Waals surface area contributed by atoms with Gasteiger partial charge in [-0.25, -0.2) is 4.79 Å². The summed E-state index contributed by atoms with van der Waals surface area (Å²) < 4.78 is 16.2. The largest absolute Gasteiger partial charge is 0.463 e. The van der Waals surface area contributed by atoms with E-state index >= 15 is 0 Å². The molecule has 0 aromatic heterocycles. The fraction of sp³-hybridized carbons (Fsp3) is 0.235. The van der Waals surface area contributed by atoms with Crippen LogP contribution in [-0.2, 0) is 16.0 Å². The van der Waals surface area contributed by atoms with Crippen LogP contribution in [0.5, 0.6) is 11.5 Å². The Hall–Kier alpha value is -2.49. The third-order valence-corrected chi connectivity index (χ3v) is 3.44. The van der Waals surface area contributed by atoms with Gasteiger partial charge in [-0.15, -0.1) is 0 Å². The molecule has 1 aliphatic rings. The van der Waals surface area contributed by atoms with Gasteiger partial charge in [0.05, 0.1) is 7.11 Å². The Morgan fingerprint density at radius 3 is 2.62 bits per heavy atom. The standard InChI is InChI=1S/C17H16O4/c1-11-7-8-13-10-12-5-3-4-6-14(12)20-17(16(18)19-2)21-15(13)9-11/h3-9,17H,10H2,1-2H3. The van der Waals surface area contributed by atoms with Gasteiger partial charge in [0, 0.05) is 6.42 Å². The van der Waals surface area contributed by atoms with Crippen molar-refractivity contribution in [1.29, 1.82) is 0 Å². The van der Waals surface area contributed by atoms with E-state index < -0.39 is 12.3 Å². The first-order chi connectivity index (χ1) is 10.2. The van der Waals surface area contributed by atoms with Crippen molar-refractivity contribution in [3.63, 3.8) is 0 Å². The average molecular weight is 284 g/mol. The molecule has 21 heavy (non-hydrogen) atoms. The van der Waals surface area contributed by atoms with Crippen molar-refractivity contribution in [2.75, 3.05) is 7.11 Å². The van der Waals surface area contributed by atoms with E-state index in [1.807, 2.05) is 49.4 Å². The van der Waals surface area contributed by atoms with Gasteiger partial charge in [0.1, 0.15) is 11.5 Å². The zero-order valence-corrected chi connectivity index (χ0v) is 12.0. The Balaban J connectivity index is 2.09. The molecule has 2 aromatic carbocycles. The van der Waals surface area contributed by atoms with E-state index in [2.05, 4.69) is 0 Å². The van der Waals surface area contributed by atoms with Gasteiger partial charge in [-0.1, -0.05) is 30.3 Å². The maximum atomic E-state index is 11.9. The van der Waals surface area contributed by atoms with Crippen molar-refractivity contribution in [3.05, 3.63) is 59.2 Å². The second-order valence-corrected chi connectivity index (χ2v) is 4.99. The van der Waals surface area contributed by atoms with Gasteiger partial charge < -0.3 is 14.2 Å². The quantitative estimate of drug-likeness (QED) is 0.755. The van der Waals surface area contributed by atoms with E-state index in [-0.39, 0.29) is 0 Å². The number of hydrogen-bond donors (Lipinski definition) is 0. The number of para-hydroxylation sites is 1. The Morgan fingerprint density at radius 2 is 1.81 bits per heavy atom. The van der Waals surface area contributed by atoms with Crippen LogP contribution >= 0.6 is 0 Å². The van der Waals surface area contributed by atoms with Crippen LogP contribution in [0.15, 0.2) is 42.5 Å². The first kappa shape index (κ1) is 13.5. The molecule has 1 atom stereocenters. The number of carbonyl (C=O) groups excluding carboxylic acids is 1. The van der Waals surface area contributed by atoms with Crippen molar-refractivity contribution >= 4 is 5.97 Å². The van der Waals surface area contributed by atoms with Crippen LogP contribution < -0.4 is 9.47 Å². The minimum atomic E-state index is -1.10. The Morgan fingerprint density at radius 1 is 1.10 bits per heavy atom. The Labute approximate surface area is 123 Å². The van der Waals surface area contributed by atoms with Gasteiger partial charge >= 0.3 is 12.3 Å². The summed E-state index contributed by atoms with van der Waals surface area (Å²) in [6.45, 7) is 1.98. The summed E-state index contributed by atoms with van der Waals surface area (Å²) in [7, 11) is 1.32.